The van der Waals surface area contributed by atoms with Crippen LogP contribution in [-0.4, -0.2) is 18.9 Å². The molecule has 0 saturated carbocycles. The van der Waals surface area contributed by atoms with E-state index in [4.69, 9.17) is 4.74 Å². The molecule has 0 aromatic heterocycles. The fraction of sp³-hybridized carbons (Fsp3) is 0.300. The van der Waals surface area contributed by atoms with Gasteiger partial charge >= 0.3 is 12.1 Å². The molecule has 6 heteroatoms. The van der Waals surface area contributed by atoms with Gasteiger partial charge in [0.1, 0.15) is 0 Å². The highest BCUT2D eigenvalue weighted by Gasteiger charge is 2.40. The van der Waals surface area contributed by atoms with Gasteiger partial charge in [-0.1, -0.05) is 30.3 Å². The number of ether oxygens (including phenoxy) is 2. The van der Waals surface area contributed by atoms with E-state index in [1.54, 1.807) is 30.3 Å². The highest BCUT2D eigenvalue weighted by atomic mass is 19.4. The van der Waals surface area contributed by atoms with Crippen molar-refractivity contribution in [2.45, 2.75) is 12.8 Å². The van der Waals surface area contributed by atoms with Gasteiger partial charge in [-0.3, -0.25) is 0 Å². The fourth-order valence-corrected chi connectivity index (χ4v) is 0.911. The normalized spacial score (nSPS) is 11.2. The molecule has 1 aromatic rings. The summed E-state index contributed by atoms with van der Waals surface area (Å²) >= 11 is 0. The molecule has 0 unspecified atom stereocenters. The number of hydrogen-bond acceptors (Lipinski definition) is 3. The molecule has 0 aliphatic heterocycles. The number of hydrogen-bond donors (Lipinski definition) is 0. The Morgan fingerprint density at radius 1 is 1.19 bits per heavy atom. The number of benzene rings is 1. The molecule has 16 heavy (non-hydrogen) atoms. The van der Waals surface area contributed by atoms with E-state index < -0.39 is 18.9 Å². The molecule has 1 aromatic carbocycles. The summed E-state index contributed by atoms with van der Waals surface area (Å²) in [5.74, 6) is -2.25. The van der Waals surface area contributed by atoms with Gasteiger partial charge in [0.25, 0.3) is 0 Å². The van der Waals surface area contributed by atoms with Crippen LogP contribution >= 0.6 is 0 Å². The van der Waals surface area contributed by atoms with Crippen molar-refractivity contribution in [1.29, 1.82) is 0 Å². The lowest BCUT2D eigenvalue weighted by Crippen LogP contribution is -2.26. The second kappa shape index (κ2) is 5.50. The zero-order valence-corrected chi connectivity index (χ0v) is 8.16. The van der Waals surface area contributed by atoms with Crippen molar-refractivity contribution in [2.75, 3.05) is 6.79 Å². The summed E-state index contributed by atoms with van der Waals surface area (Å²) < 4.78 is 43.6. The van der Waals surface area contributed by atoms with Crippen LogP contribution in [0.3, 0.4) is 0 Å². The molecular formula is C10H9F3O3. The minimum absolute atomic E-state index is 0.0893. The number of halogens is 3. The molecule has 0 bridgehead atoms. The third kappa shape index (κ3) is 4.31. The van der Waals surface area contributed by atoms with Crippen molar-refractivity contribution in [2.24, 2.45) is 0 Å². The van der Waals surface area contributed by atoms with Crippen molar-refractivity contribution in [1.82, 2.24) is 0 Å². The zero-order valence-electron chi connectivity index (χ0n) is 8.16. The van der Waals surface area contributed by atoms with Crippen LogP contribution < -0.4 is 0 Å². The second-order valence-corrected chi connectivity index (χ2v) is 2.88. The minimum Gasteiger partial charge on any atom is -0.432 e. The van der Waals surface area contributed by atoms with Crippen molar-refractivity contribution >= 4 is 5.97 Å². The van der Waals surface area contributed by atoms with Crippen molar-refractivity contribution in [3.63, 3.8) is 0 Å². The monoisotopic (exact) mass is 234 g/mol. The van der Waals surface area contributed by atoms with Gasteiger partial charge in [0.05, 0.1) is 6.61 Å². The van der Waals surface area contributed by atoms with Gasteiger partial charge < -0.3 is 9.47 Å². The smallest absolute Gasteiger partial charge is 0.432 e. The molecule has 1 rings (SSSR count). The Balaban J connectivity index is 2.20. The van der Waals surface area contributed by atoms with Crippen LogP contribution in [0.4, 0.5) is 13.2 Å². The molecule has 0 N–H and O–H groups in total. The van der Waals surface area contributed by atoms with Crippen molar-refractivity contribution in [3.05, 3.63) is 35.9 Å². The summed E-state index contributed by atoms with van der Waals surface area (Å²) in [7, 11) is 0. The van der Waals surface area contributed by atoms with Crippen LogP contribution in [0.15, 0.2) is 30.3 Å². The van der Waals surface area contributed by atoms with E-state index >= 15 is 0 Å². The van der Waals surface area contributed by atoms with E-state index in [9.17, 15) is 18.0 Å². The Bertz CT molecular complexity index is 335. The third-order valence-corrected chi connectivity index (χ3v) is 1.62. The van der Waals surface area contributed by atoms with E-state index in [-0.39, 0.29) is 6.61 Å². The Morgan fingerprint density at radius 3 is 2.38 bits per heavy atom. The van der Waals surface area contributed by atoms with Crippen molar-refractivity contribution < 1.29 is 27.4 Å². The van der Waals surface area contributed by atoms with E-state index in [2.05, 4.69) is 4.74 Å². The standard InChI is InChI=1S/C10H9F3O3/c11-10(12,13)9(14)16-7-15-6-8-4-2-1-3-5-8/h1-5H,6-7H2. The summed E-state index contributed by atoms with van der Waals surface area (Å²) in [6.45, 7) is -0.626. The third-order valence-electron chi connectivity index (χ3n) is 1.62. The lowest BCUT2D eigenvalue weighted by molar-refractivity contribution is -0.210. The summed E-state index contributed by atoms with van der Waals surface area (Å²) in [5.41, 5.74) is 0.783. The van der Waals surface area contributed by atoms with E-state index in [1.165, 1.54) is 0 Å². The maximum absolute atomic E-state index is 11.7. The van der Waals surface area contributed by atoms with E-state index in [0.29, 0.717) is 0 Å². The fourth-order valence-electron chi connectivity index (χ4n) is 0.911. The van der Waals surface area contributed by atoms with Crippen LogP contribution in [0.1, 0.15) is 5.56 Å². The number of esters is 1. The summed E-state index contributed by atoms with van der Waals surface area (Å²) in [6.07, 6.45) is -4.98. The molecule has 0 fully saturated rings. The minimum atomic E-state index is -4.98. The lowest BCUT2D eigenvalue weighted by atomic mass is 10.2. The Hall–Kier alpha value is -1.56. The average molecular weight is 234 g/mol. The van der Waals surface area contributed by atoms with Crippen LogP contribution in [0.25, 0.3) is 0 Å². The largest absolute Gasteiger partial charge is 0.491 e. The van der Waals surface area contributed by atoms with Gasteiger partial charge in [-0.15, -0.1) is 0 Å². The molecule has 3 nitrogen and oxygen atoms in total. The van der Waals surface area contributed by atoms with Crippen LogP contribution in [-0.2, 0) is 20.9 Å². The number of carbonyl (C=O) groups is 1. The average Bonchev–Trinajstić information content (AvgIpc) is 2.24. The van der Waals surface area contributed by atoms with E-state index in [1.807, 2.05) is 0 Å². The summed E-state index contributed by atoms with van der Waals surface area (Å²) in [4.78, 5) is 10.2. The summed E-state index contributed by atoms with van der Waals surface area (Å²) in [5, 5.41) is 0. The molecule has 0 aliphatic rings. The van der Waals surface area contributed by atoms with Gasteiger partial charge in [0.2, 0.25) is 0 Å². The van der Waals surface area contributed by atoms with Crippen LogP contribution in [0.5, 0.6) is 0 Å². The maximum atomic E-state index is 11.7. The van der Waals surface area contributed by atoms with Gasteiger partial charge in [-0.25, -0.2) is 4.79 Å². The molecule has 0 radical (unpaired) electrons. The molecule has 0 spiro atoms. The zero-order chi connectivity index (χ0) is 12.0. The topological polar surface area (TPSA) is 35.5 Å². The number of carbonyl (C=O) groups excluding carboxylic acids is 1. The molecule has 0 aliphatic carbocycles. The number of rotatable bonds is 4. The Kier molecular flexibility index (Phi) is 4.30. The van der Waals surface area contributed by atoms with Gasteiger partial charge in [0, 0.05) is 0 Å². The van der Waals surface area contributed by atoms with Crippen LogP contribution in [0.2, 0.25) is 0 Å². The molecule has 0 heterocycles. The van der Waals surface area contributed by atoms with E-state index in [0.717, 1.165) is 5.56 Å². The summed E-state index contributed by atoms with van der Waals surface area (Å²) in [6, 6.07) is 8.81. The quantitative estimate of drug-likeness (QED) is 0.455. The Labute approximate surface area is 89.8 Å². The second-order valence-electron chi connectivity index (χ2n) is 2.88. The first-order chi connectivity index (χ1) is 7.50. The Morgan fingerprint density at radius 2 is 1.81 bits per heavy atom. The highest BCUT2D eigenvalue weighted by molar-refractivity contribution is 5.75. The first kappa shape index (κ1) is 12.5. The van der Waals surface area contributed by atoms with Gasteiger partial charge in [0.15, 0.2) is 6.79 Å². The first-order valence-corrected chi connectivity index (χ1v) is 4.36. The first-order valence-electron chi connectivity index (χ1n) is 4.36. The van der Waals surface area contributed by atoms with Crippen LogP contribution in [0, 0.1) is 0 Å². The molecular weight excluding hydrogens is 225 g/mol. The highest BCUT2D eigenvalue weighted by Crippen LogP contribution is 2.16. The predicted molar refractivity (Wildman–Crippen MR) is 48.2 cm³/mol. The van der Waals surface area contributed by atoms with Crippen molar-refractivity contribution in [3.8, 4) is 0 Å². The SMILES string of the molecule is O=C(OCOCc1ccccc1)C(F)(F)F. The lowest BCUT2D eigenvalue weighted by Gasteiger charge is -2.07. The van der Waals surface area contributed by atoms with Gasteiger partial charge in [-0.2, -0.15) is 13.2 Å². The maximum Gasteiger partial charge on any atom is 0.491 e. The number of alkyl halides is 3. The molecule has 88 valence electrons. The van der Waals surface area contributed by atoms with Gasteiger partial charge in [-0.05, 0) is 5.56 Å². The predicted octanol–water partition coefficient (Wildman–Crippen LogP) is 2.27. The molecule has 0 atom stereocenters. The molecule has 0 amide bonds. The molecule has 0 saturated heterocycles.